The van der Waals surface area contributed by atoms with E-state index >= 15 is 0 Å². The highest BCUT2D eigenvalue weighted by atomic mass is 19.4. The summed E-state index contributed by atoms with van der Waals surface area (Å²) in [6.07, 6.45) is 7.24. The average Bonchev–Trinajstić information content (AvgIpc) is 3.72. The lowest BCUT2D eigenvalue weighted by atomic mass is 9.92. The summed E-state index contributed by atoms with van der Waals surface area (Å²) in [6, 6.07) is 16.7. The number of hydrogen-bond acceptors (Lipinski definition) is 3. The minimum absolute atomic E-state index is 0.00583. The number of aromatic nitrogens is 1. The largest absolute Gasteiger partial charge is 0.416 e. The van der Waals surface area contributed by atoms with Crippen LogP contribution < -0.4 is 0 Å². The molecule has 2 fully saturated rings. The fourth-order valence-electron chi connectivity index (χ4n) is 6.67. The third kappa shape index (κ3) is 5.92. The zero-order valence-electron chi connectivity index (χ0n) is 22.5. The summed E-state index contributed by atoms with van der Waals surface area (Å²) in [5.74, 6) is 0.196. The van der Waals surface area contributed by atoms with Crippen molar-refractivity contribution in [2.75, 3.05) is 13.2 Å². The van der Waals surface area contributed by atoms with Crippen LogP contribution in [-0.2, 0) is 41.4 Å². The van der Waals surface area contributed by atoms with E-state index in [0.717, 1.165) is 68.2 Å². The van der Waals surface area contributed by atoms with Gasteiger partial charge < -0.3 is 4.74 Å². The molecule has 3 unspecified atom stereocenters. The van der Waals surface area contributed by atoms with Gasteiger partial charge in [-0.3, -0.25) is 9.78 Å². The first-order valence-corrected chi connectivity index (χ1v) is 14.4. The summed E-state index contributed by atoms with van der Waals surface area (Å²) in [6.45, 7) is 1.75. The lowest BCUT2D eigenvalue weighted by molar-refractivity contribution is -0.138. The van der Waals surface area contributed by atoms with E-state index in [0.29, 0.717) is 5.92 Å². The van der Waals surface area contributed by atoms with Crippen LogP contribution in [0.3, 0.4) is 0 Å². The SMILES string of the molecule is O=C1C=Cc2cnc(CCc3ccc(CC4CCCOCC4)cc3)cc2C2C1[C@H]2Cc1ccccc1C(F)(F)F. The summed E-state index contributed by atoms with van der Waals surface area (Å²) < 4.78 is 46.4. The third-order valence-electron chi connectivity index (χ3n) is 8.88. The molecule has 0 bridgehead atoms. The number of benzene rings is 2. The number of alkyl halides is 3. The Morgan fingerprint density at radius 2 is 1.68 bits per heavy atom. The smallest absolute Gasteiger partial charge is 0.381 e. The molecule has 0 N–H and O–H groups in total. The molecule has 40 heavy (non-hydrogen) atoms. The van der Waals surface area contributed by atoms with Crippen molar-refractivity contribution in [2.45, 2.75) is 57.0 Å². The van der Waals surface area contributed by atoms with Gasteiger partial charge in [-0.05, 0) is 115 Å². The molecule has 6 heteroatoms. The molecule has 1 saturated heterocycles. The highest BCUT2D eigenvalue weighted by molar-refractivity contribution is 6.00. The first-order chi connectivity index (χ1) is 19.4. The van der Waals surface area contributed by atoms with Crippen LogP contribution in [0.5, 0.6) is 0 Å². The standard InChI is InChI=1S/C34H34F3NO2/c35-34(36,37)30-6-2-1-5-25(30)19-29-32-28-20-27(38-21-26(28)12-14-31(39)33(29)32)13-11-22-7-9-24(10-8-22)18-23-4-3-16-40-17-15-23/h1-2,5-10,12,14,20-21,23,29,32-33H,3-4,11,13,15-19H2/t23?,29-,32?,33?/m0/s1. The Hall–Kier alpha value is -3.25. The van der Waals surface area contributed by atoms with Crippen LogP contribution in [-0.4, -0.2) is 24.0 Å². The van der Waals surface area contributed by atoms with E-state index in [4.69, 9.17) is 4.74 Å². The van der Waals surface area contributed by atoms with Gasteiger partial charge in [0.05, 0.1) is 5.56 Å². The maximum Gasteiger partial charge on any atom is 0.416 e. The van der Waals surface area contributed by atoms with Crippen molar-refractivity contribution in [3.63, 3.8) is 0 Å². The number of ether oxygens (including phenoxy) is 1. The molecule has 4 atom stereocenters. The predicted molar refractivity (Wildman–Crippen MR) is 149 cm³/mol. The lowest BCUT2D eigenvalue weighted by Gasteiger charge is -2.14. The molecule has 0 radical (unpaired) electrons. The van der Waals surface area contributed by atoms with E-state index in [9.17, 15) is 18.0 Å². The van der Waals surface area contributed by atoms with Crippen LogP contribution in [0.25, 0.3) is 6.08 Å². The number of pyridine rings is 1. The van der Waals surface area contributed by atoms with E-state index in [-0.39, 0.29) is 35.5 Å². The molecule has 3 aliphatic rings. The average molecular weight is 546 g/mol. The molecule has 0 amide bonds. The van der Waals surface area contributed by atoms with E-state index in [1.807, 2.05) is 6.20 Å². The number of halogens is 3. The Kier molecular flexibility index (Phi) is 7.63. The number of carbonyl (C=O) groups is 1. The molecule has 1 aliphatic heterocycles. The van der Waals surface area contributed by atoms with Crippen molar-refractivity contribution in [1.82, 2.24) is 4.98 Å². The third-order valence-corrected chi connectivity index (χ3v) is 8.88. The number of carbonyl (C=O) groups excluding carboxylic acids is 1. The molecule has 2 aromatic carbocycles. The van der Waals surface area contributed by atoms with Gasteiger partial charge >= 0.3 is 6.18 Å². The quantitative estimate of drug-likeness (QED) is 0.310. The van der Waals surface area contributed by atoms with Crippen LogP contribution in [0.2, 0.25) is 0 Å². The minimum atomic E-state index is -4.41. The zero-order valence-corrected chi connectivity index (χ0v) is 22.5. The molecule has 1 aromatic heterocycles. The number of nitrogens with zero attached hydrogens (tertiary/aromatic N) is 1. The molecule has 6 rings (SSSR count). The number of allylic oxidation sites excluding steroid dienone is 1. The van der Waals surface area contributed by atoms with E-state index < -0.39 is 11.7 Å². The van der Waals surface area contributed by atoms with E-state index in [1.165, 1.54) is 29.7 Å². The van der Waals surface area contributed by atoms with E-state index in [2.05, 4.69) is 35.3 Å². The van der Waals surface area contributed by atoms with Gasteiger partial charge in [0.25, 0.3) is 0 Å². The fourth-order valence-corrected chi connectivity index (χ4v) is 6.67. The first-order valence-electron chi connectivity index (χ1n) is 14.4. The lowest BCUT2D eigenvalue weighted by Crippen LogP contribution is -2.10. The van der Waals surface area contributed by atoms with Crippen molar-refractivity contribution in [2.24, 2.45) is 17.8 Å². The molecule has 2 heterocycles. The summed E-state index contributed by atoms with van der Waals surface area (Å²) in [5, 5.41) is 0. The molecule has 0 spiro atoms. The summed E-state index contributed by atoms with van der Waals surface area (Å²) in [5.41, 5.74) is 5.16. The van der Waals surface area contributed by atoms with Gasteiger partial charge in [-0.25, -0.2) is 0 Å². The number of ketones is 1. The van der Waals surface area contributed by atoms with Crippen molar-refractivity contribution in [3.8, 4) is 0 Å². The number of fused-ring (bicyclic) bond motifs is 3. The van der Waals surface area contributed by atoms with Gasteiger partial charge in [0.15, 0.2) is 5.78 Å². The van der Waals surface area contributed by atoms with Crippen LogP contribution >= 0.6 is 0 Å². The molecule has 2 aliphatic carbocycles. The molecular formula is C34H34F3NO2. The molecule has 3 nitrogen and oxygen atoms in total. The highest BCUT2D eigenvalue weighted by Crippen LogP contribution is 2.58. The Balaban J connectivity index is 1.13. The van der Waals surface area contributed by atoms with Crippen LogP contribution in [0, 0.1) is 17.8 Å². The van der Waals surface area contributed by atoms with Gasteiger partial charge in [0.2, 0.25) is 0 Å². The van der Waals surface area contributed by atoms with Gasteiger partial charge in [-0.2, -0.15) is 13.2 Å². The monoisotopic (exact) mass is 545 g/mol. The summed E-state index contributed by atoms with van der Waals surface area (Å²) in [4.78, 5) is 17.5. The predicted octanol–water partition coefficient (Wildman–Crippen LogP) is 7.41. The van der Waals surface area contributed by atoms with Gasteiger partial charge in [-0.15, -0.1) is 0 Å². The topological polar surface area (TPSA) is 39.2 Å². The van der Waals surface area contributed by atoms with Crippen molar-refractivity contribution < 1.29 is 22.7 Å². The second-order valence-corrected chi connectivity index (χ2v) is 11.5. The van der Waals surface area contributed by atoms with E-state index in [1.54, 1.807) is 18.2 Å². The Morgan fingerprint density at radius 1 is 0.875 bits per heavy atom. The van der Waals surface area contributed by atoms with Crippen molar-refractivity contribution >= 4 is 11.9 Å². The molecule has 1 saturated carbocycles. The second-order valence-electron chi connectivity index (χ2n) is 11.5. The van der Waals surface area contributed by atoms with Crippen molar-refractivity contribution in [1.29, 1.82) is 0 Å². The summed E-state index contributed by atoms with van der Waals surface area (Å²) >= 11 is 0. The zero-order chi connectivity index (χ0) is 27.7. The minimum Gasteiger partial charge on any atom is -0.381 e. The van der Waals surface area contributed by atoms with Gasteiger partial charge in [0, 0.05) is 31.0 Å². The highest BCUT2D eigenvalue weighted by Gasteiger charge is 2.55. The van der Waals surface area contributed by atoms with Crippen LogP contribution in [0.4, 0.5) is 13.2 Å². The molecule has 208 valence electrons. The Labute approximate surface area is 233 Å². The second kappa shape index (κ2) is 11.3. The first kappa shape index (κ1) is 26.9. The number of hydrogen-bond donors (Lipinski definition) is 0. The molecule has 3 aromatic rings. The Bertz CT molecular complexity index is 1390. The van der Waals surface area contributed by atoms with Crippen LogP contribution in [0.1, 0.15) is 64.3 Å². The fraction of sp³-hybridized carbons (Fsp3) is 0.412. The maximum absolute atomic E-state index is 13.6. The normalized spacial score (nSPS) is 24.1. The number of aryl methyl sites for hydroxylation is 2. The number of rotatable bonds is 7. The maximum atomic E-state index is 13.6. The van der Waals surface area contributed by atoms with Gasteiger partial charge in [0.1, 0.15) is 0 Å². The molecular weight excluding hydrogens is 511 g/mol. The Morgan fingerprint density at radius 3 is 2.50 bits per heavy atom. The van der Waals surface area contributed by atoms with Gasteiger partial charge in [-0.1, -0.05) is 42.5 Å². The van der Waals surface area contributed by atoms with Crippen LogP contribution in [0.15, 0.2) is 66.9 Å². The summed E-state index contributed by atoms with van der Waals surface area (Å²) in [7, 11) is 0. The van der Waals surface area contributed by atoms with Crippen molar-refractivity contribution in [3.05, 3.63) is 106 Å².